The lowest BCUT2D eigenvalue weighted by atomic mass is 9.97. The second-order valence-corrected chi connectivity index (χ2v) is 4.09. The van der Waals surface area contributed by atoms with Crippen LogP contribution in [0.4, 0.5) is 0 Å². The van der Waals surface area contributed by atoms with Crippen molar-refractivity contribution in [3.05, 3.63) is 0 Å². The van der Waals surface area contributed by atoms with Crippen molar-refractivity contribution in [2.24, 2.45) is 5.92 Å². The van der Waals surface area contributed by atoms with E-state index in [4.69, 9.17) is 5.11 Å². The van der Waals surface area contributed by atoms with Crippen LogP contribution in [0.2, 0.25) is 0 Å². The number of nitrogens with zero attached hydrogens (tertiary/aromatic N) is 1. The second-order valence-electron chi connectivity index (χ2n) is 4.09. The molecule has 14 heavy (non-hydrogen) atoms. The van der Waals surface area contributed by atoms with E-state index in [1.54, 1.807) is 0 Å². The zero-order valence-corrected chi connectivity index (χ0v) is 8.83. The normalized spacial score (nSPS) is 19.8. The predicted octanol–water partition coefficient (Wildman–Crippen LogP) is 0.393. The van der Waals surface area contributed by atoms with Crippen molar-refractivity contribution in [3.8, 4) is 0 Å². The third kappa shape index (κ3) is 4.58. The molecule has 1 fully saturated rings. The number of piperidine rings is 1. The van der Waals surface area contributed by atoms with Crippen LogP contribution in [0.3, 0.4) is 0 Å². The van der Waals surface area contributed by atoms with Crippen LogP contribution in [0, 0.1) is 5.92 Å². The summed E-state index contributed by atoms with van der Waals surface area (Å²) < 4.78 is 0. The van der Waals surface area contributed by atoms with Crippen molar-refractivity contribution in [2.45, 2.75) is 19.3 Å². The van der Waals surface area contributed by atoms with Crippen LogP contribution in [0.15, 0.2) is 0 Å². The summed E-state index contributed by atoms with van der Waals surface area (Å²) in [5.74, 6) is 0.0147. The molecular weight excluding hydrogens is 180 g/mol. The number of likely N-dealkylation sites (tertiary alicyclic amines) is 1. The monoisotopic (exact) mass is 200 g/mol. The van der Waals surface area contributed by atoms with E-state index < -0.39 is 5.97 Å². The molecule has 0 saturated carbocycles. The molecule has 0 atom stereocenters. The van der Waals surface area contributed by atoms with Crippen LogP contribution in [0.25, 0.3) is 0 Å². The Hall–Kier alpha value is -0.610. The van der Waals surface area contributed by atoms with E-state index in [-0.39, 0.29) is 6.42 Å². The predicted molar refractivity (Wildman–Crippen MR) is 55.3 cm³/mol. The molecule has 1 saturated heterocycles. The minimum atomic E-state index is -0.721. The van der Waals surface area contributed by atoms with Crippen molar-refractivity contribution in [2.75, 3.05) is 33.2 Å². The van der Waals surface area contributed by atoms with Crippen molar-refractivity contribution in [1.29, 1.82) is 0 Å². The van der Waals surface area contributed by atoms with E-state index in [0.717, 1.165) is 12.5 Å². The first-order valence-corrected chi connectivity index (χ1v) is 5.29. The van der Waals surface area contributed by atoms with Crippen molar-refractivity contribution in [1.82, 2.24) is 10.2 Å². The summed E-state index contributed by atoms with van der Waals surface area (Å²) >= 11 is 0. The topological polar surface area (TPSA) is 52.6 Å². The zero-order valence-electron chi connectivity index (χ0n) is 8.83. The van der Waals surface area contributed by atoms with Crippen LogP contribution in [0.5, 0.6) is 0 Å². The molecule has 0 aromatic carbocycles. The second kappa shape index (κ2) is 5.98. The molecule has 0 amide bonds. The average molecular weight is 200 g/mol. The molecule has 82 valence electrons. The van der Waals surface area contributed by atoms with Gasteiger partial charge in [-0.2, -0.15) is 0 Å². The van der Waals surface area contributed by atoms with Crippen molar-refractivity contribution in [3.63, 3.8) is 0 Å². The molecule has 4 nitrogen and oxygen atoms in total. The summed E-state index contributed by atoms with van der Waals surface area (Å²) in [5.41, 5.74) is 0. The van der Waals surface area contributed by atoms with Crippen molar-refractivity contribution >= 4 is 5.97 Å². The summed E-state index contributed by atoms with van der Waals surface area (Å²) in [7, 11) is 2.15. The largest absolute Gasteiger partial charge is 0.481 e. The molecule has 0 radical (unpaired) electrons. The molecule has 1 aliphatic heterocycles. The van der Waals surface area contributed by atoms with Gasteiger partial charge in [-0.3, -0.25) is 4.79 Å². The highest BCUT2D eigenvalue weighted by Crippen LogP contribution is 2.14. The first-order valence-electron chi connectivity index (χ1n) is 5.29. The Morgan fingerprint density at radius 2 is 2.14 bits per heavy atom. The van der Waals surface area contributed by atoms with Gasteiger partial charge in [-0.1, -0.05) is 0 Å². The summed E-state index contributed by atoms with van der Waals surface area (Å²) in [6, 6.07) is 0. The van der Waals surface area contributed by atoms with Gasteiger partial charge in [0.2, 0.25) is 0 Å². The Labute approximate surface area is 85.3 Å². The fourth-order valence-electron chi connectivity index (χ4n) is 1.77. The highest BCUT2D eigenvalue weighted by molar-refractivity contribution is 5.66. The average Bonchev–Trinajstić information content (AvgIpc) is 2.15. The summed E-state index contributed by atoms with van der Waals surface area (Å²) in [4.78, 5) is 12.6. The quantitative estimate of drug-likeness (QED) is 0.630. The fourth-order valence-corrected chi connectivity index (χ4v) is 1.77. The first-order chi connectivity index (χ1) is 6.68. The van der Waals surface area contributed by atoms with Gasteiger partial charge in [0.05, 0.1) is 6.42 Å². The number of aliphatic carboxylic acids is 1. The molecule has 0 aliphatic carbocycles. The molecule has 0 unspecified atom stereocenters. The van der Waals surface area contributed by atoms with Gasteiger partial charge >= 0.3 is 5.97 Å². The number of carboxylic acid groups (broad SMARTS) is 1. The van der Waals surface area contributed by atoms with Gasteiger partial charge in [0.1, 0.15) is 0 Å². The number of carbonyl (C=O) groups is 1. The lowest BCUT2D eigenvalue weighted by molar-refractivity contribution is -0.136. The molecular formula is C10H20N2O2. The Morgan fingerprint density at radius 1 is 1.50 bits per heavy atom. The lowest BCUT2D eigenvalue weighted by Gasteiger charge is -2.28. The van der Waals surface area contributed by atoms with Gasteiger partial charge in [-0.15, -0.1) is 0 Å². The first kappa shape index (κ1) is 11.5. The molecule has 0 bridgehead atoms. The molecule has 1 rings (SSSR count). The van der Waals surface area contributed by atoms with Crippen LogP contribution in [-0.2, 0) is 4.79 Å². The SMILES string of the molecule is CN1CCC(CNCCC(=O)O)CC1. The molecule has 4 heteroatoms. The number of carboxylic acids is 1. The highest BCUT2D eigenvalue weighted by atomic mass is 16.4. The maximum atomic E-state index is 10.2. The molecule has 1 heterocycles. The third-order valence-electron chi connectivity index (χ3n) is 2.79. The van der Waals surface area contributed by atoms with Gasteiger partial charge in [-0.05, 0) is 45.4 Å². The van der Waals surface area contributed by atoms with Crippen molar-refractivity contribution < 1.29 is 9.90 Å². The van der Waals surface area contributed by atoms with E-state index in [1.165, 1.54) is 25.9 Å². The summed E-state index contributed by atoms with van der Waals surface area (Å²) in [6.07, 6.45) is 2.69. The Morgan fingerprint density at radius 3 is 2.71 bits per heavy atom. The number of nitrogens with one attached hydrogen (secondary N) is 1. The fraction of sp³-hybridized carbons (Fsp3) is 0.900. The maximum absolute atomic E-state index is 10.2. The Balaban J connectivity index is 1.99. The smallest absolute Gasteiger partial charge is 0.304 e. The van der Waals surface area contributed by atoms with E-state index >= 15 is 0 Å². The Bertz CT molecular complexity index is 177. The number of hydrogen-bond acceptors (Lipinski definition) is 3. The lowest BCUT2D eigenvalue weighted by Crippen LogP contribution is -2.35. The minimum absolute atomic E-state index is 0.229. The van der Waals surface area contributed by atoms with Crippen LogP contribution < -0.4 is 5.32 Å². The molecule has 0 spiro atoms. The van der Waals surface area contributed by atoms with Gasteiger partial charge in [0.25, 0.3) is 0 Å². The van der Waals surface area contributed by atoms with Gasteiger partial charge < -0.3 is 15.3 Å². The third-order valence-corrected chi connectivity index (χ3v) is 2.79. The maximum Gasteiger partial charge on any atom is 0.304 e. The molecule has 1 aliphatic rings. The van der Waals surface area contributed by atoms with E-state index in [1.807, 2.05) is 0 Å². The van der Waals surface area contributed by atoms with E-state index in [2.05, 4.69) is 17.3 Å². The summed E-state index contributed by atoms with van der Waals surface area (Å²) in [5, 5.41) is 11.6. The minimum Gasteiger partial charge on any atom is -0.481 e. The van der Waals surface area contributed by atoms with Crippen LogP contribution in [0.1, 0.15) is 19.3 Å². The van der Waals surface area contributed by atoms with E-state index in [9.17, 15) is 4.79 Å². The highest BCUT2D eigenvalue weighted by Gasteiger charge is 2.15. The zero-order chi connectivity index (χ0) is 10.4. The van der Waals surface area contributed by atoms with Crippen LogP contribution >= 0.6 is 0 Å². The van der Waals surface area contributed by atoms with Gasteiger partial charge in [0.15, 0.2) is 0 Å². The molecule has 0 aromatic heterocycles. The van der Waals surface area contributed by atoms with Gasteiger partial charge in [-0.25, -0.2) is 0 Å². The standard InChI is InChI=1S/C10H20N2O2/c1-12-6-3-9(4-7-12)8-11-5-2-10(13)14/h9,11H,2-8H2,1H3,(H,13,14). The van der Waals surface area contributed by atoms with Crippen LogP contribution in [-0.4, -0.2) is 49.2 Å². The van der Waals surface area contributed by atoms with Gasteiger partial charge in [0, 0.05) is 6.54 Å². The number of rotatable bonds is 5. The molecule has 2 N–H and O–H groups in total. The molecule has 0 aromatic rings. The summed E-state index contributed by atoms with van der Waals surface area (Å²) in [6.45, 7) is 3.92. The number of hydrogen-bond donors (Lipinski definition) is 2. The van der Waals surface area contributed by atoms with E-state index in [0.29, 0.717) is 6.54 Å². The Kier molecular flexibility index (Phi) is 4.90.